The van der Waals surface area contributed by atoms with Gasteiger partial charge in [0.25, 0.3) is 0 Å². The summed E-state index contributed by atoms with van der Waals surface area (Å²) in [6.07, 6.45) is 3.64. The van der Waals surface area contributed by atoms with Crippen LogP contribution in [0.2, 0.25) is 0 Å². The molecule has 0 saturated heterocycles. The third kappa shape index (κ3) is 6.64. The molecule has 9 aromatic rings. The standard InChI is InChI=1S/C34H26N3O.C11H8N.Ir/c1-34(2,3)28-19-20-35-32-30(28)37(24-13-8-5-9-14-24)33(36-32)27-16-10-15-26-25-18-17-23(21-29(25)38-31(26)27)22-11-6-4-7-12-22;1-2-6-10(7-3-1)11-8-4-5-9-12-11;/h4-15,17-21H,1-3H3;1-6,8-9H;/q2*-1;. The predicted octanol–water partition coefficient (Wildman–Crippen LogP) is 11.3. The molecule has 0 aliphatic rings. The summed E-state index contributed by atoms with van der Waals surface area (Å²) in [5.41, 5.74) is 10.6. The summed E-state index contributed by atoms with van der Waals surface area (Å²) in [6, 6.07) is 53.5. The van der Waals surface area contributed by atoms with Crippen LogP contribution in [0.25, 0.3) is 72.6 Å². The van der Waals surface area contributed by atoms with Crippen molar-refractivity contribution in [3.05, 3.63) is 170 Å². The Bertz CT molecular complexity index is 2520. The molecule has 0 unspecified atom stereocenters. The van der Waals surface area contributed by atoms with Crippen LogP contribution in [0.5, 0.6) is 0 Å². The Morgan fingerprint density at radius 1 is 0.647 bits per heavy atom. The van der Waals surface area contributed by atoms with Crippen LogP contribution in [0.15, 0.2) is 156 Å². The molecule has 6 heteroatoms. The molecule has 0 bridgehead atoms. The number of para-hydroxylation sites is 1. The molecule has 251 valence electrons. The van der Waals surface area contributed by atoms with Gasteiger partial charge in [0.15, 0.2) is 5.65 Å². The average Bonchev–Trinajstić information content (AvgIpc) is 3.75. The van der Waals surface area contributed by atoms with Gasteiger partial charge in [-0.25, -0.2) is 4.98 Å². The minimum atomic E-state index is -0.0893. The number of hydrogen-bond donors (Lipinski definition) is 0. The molecule has 5 aromatic carbocycles. The topological polar surface area (TPSA) is 56.7 Å². The molecular weight excluding hydrogens is 805 g/mol. The van der Waals surface area contributed by atoms with Crippen molar-refractivity contribution in [2.45, 2.75) is 26.2 Å². The fourth-order valence-corrected chi connectivity index (χ4v) is 6.40. The molecule has 0 aliphatic heterocycles. The minimum Gasteiger partial charge on any atom is -0.501 e. The number of hydrogen-bond acceptors (Lipinski definition) is 4. The number of aromatic nitrogens is 4. The number of furan rings is 1. The molecule has 0 atom stereocenters. The quantitative estimate of drug-likeness (QED) is 0.166. The van der Waals surface area contributed by atoms with Crippen LogP contribution in [0.4, 0.5) is 0 Å². The average molecular weight is 839 g/mol. The van der Waals surface area contributed by atoms with E-state index in [1.807, 2.05) is 66.9 Å². The first kappa shape index (κ1) is 33.8. The molecule has 0 spiro atoms. The first-order valence-electron chi connectivity index (χ1n) is 16.7. The summed E-state index contributed by atoms with van der Waals surface area (Å²) in [7, 11) is 0. The van der Waals surface area contributed by atoms with E-state index >= 15 is 0 Å². The maximum Gasteiger partial charge on any atom is 0.168 e. The zero-order valence-corrected chi connectivity index (χ0v) is 30.9. The van der Waals surface area contributed by atoms with E-state index in [-0.39, 0.29) is 25.5 Å². The van der Waals surface area contributed by atoms with Gasteiger partial charge in [0, 0.05) is 43.6 Å². The first-order chi connectivity index (χ1) is 24.5. The van der Waals surface area contributed by atoms with Crippen LogP contribution in [-0.2, 0) is 25.5 Å². The van der Waals surface area contributed by atoms with E-state index < -0.39 is 0 Å². The van der Waals surface area contributed by atoms with Gasteiger partial charge < -0.3 is 14.0 Å². The van der Waals surface area contributed by atoms with Crippen LogP contribution in [0.1, 0.15) is 26.3 Å². The molecule has 9 rings (SSSR count). The van der Waals surface area contributed by atoms with Crippen LogP contribution in [-0.4, -0.2) is 19.5 Å². The number of rotatable bonds is 4. The van der Waals surface area contributed by atoms with Gasteiger partial charge in [-0.3, -0.25) is 4.98 Å². The Balaban J connectivity index is 0.000000265. The van der Waals surface area contributed by atoms with Crippen molar-refractivity contribution < 1.29 is 24.5 Å². The molecule has 4 heterocycles. The van der Waals surface area contributed by atoms with Gasteiger partial charge in [-0.05, 0) is 58.1 Å². The summed E-state index contributed by atoms with van der Waals surface area (Å²) in [6.45, 7) is 6.67. The fraction of sp³-hybridized carbons (Fsp3) is 0.0889. The second-order valence-corrected chi connectivity index (χ2v) is 13.2. The van der Waals surface area contributed by atoms with Crippen molar-refractivity contribution >= 4 is 33.1 Å². The number of fused-ring (bicyclic) bond motifs is 4. The van der Waals surface area contributed by atoms with Gasteiger partial charge >= 0.3 is 0 Å². The molecule has 0 N–H and O–H groups in total. The van der Waals surface area contributed by atoms with E-state index in [1.165, 1.54) is 5.56 Å². The Kier molecular flexibility index (Phi) is 9.46. The van der Waals surface area contributed by atoms with E-state index in [0.29, 0.717) is 5.65 Å². The monoisotopic (exact) mass is 839 g/mol. The molecule has 4 aromatic heterocycles. The van der Waals surface area contributed by atoms with E-state index in [9.17, 15) is 0 Å². The van der Waals surface area contributed by atoms with Gasteiger partial charge in [0.05, 0.1) is 16.9 Å². The van der Waals surface area contributed by atoms with Gasteiger partial charge in [0.2, 0.25) is 0 Å². The Morgan fingerprint density at radius 2 is 1.41 bits per heavy atom. The summed E-state index contributed by atoms with van der Waals surface area (Å²) >= 11 is 0. The summed E-state index contributed by atoms with van der Waals surface area (Å²) in [5.74, 6) is 0.767. The van der Waals surface area contributed by atoms with Crippen LogP contribution < -0.4 is 0 Å². The molecule has 1 radical (unpaired) electrons. The SMILES string of the molecule is CC(C)(C)c1ccnc2nc(-c3[c-]ccc4c3oc3cc(-c5ccccc5)ccc34)n(-c3ccccc3)c12.[Ir].[c-]1ccccc1-c1ccccn1. The zero-order chi connectivity index (χ0) is 34.1. The zero-order valence-electron chi connectivity index (χ0n) is 28.5. The smallest absolute Gasteiger partial charge is 0.168 e. The van der Waals surface area contributed by atoms with Crippen molar-refractivity contribution in [1.82, 2.24) is 19.5 Å². The second-order valence-electron chi connectivity index (χ2n) is 13.2. The van der Waals surface area contributed by atoms with Crippen LogP contribution >= 0.6 is 0 Å². The molecule has 0 amide bonds. The summed E-state index contributed by atoms with van der Waals surface area (Å²) in [5, 5.41) is 2.12. The Labute approximate surface area is 311 Å². The van der Waals surface area contributed by atoms with E-state index in [4.69, 9.17) is 9.40 Å². The maximum absolute atomic E-state index is 6.58. The third-order valence-corrected chi connectivity index (χ3v) is 8.79. The largest absolute Gasteiger partial charge is 0.501 e. The van der Waals surface area contributed by atoms with Crippen LogP contribution in [0.3, 0.4) is 0 Å². The summed E-state index contributed by atoms with van der Waals surface area (Å²) in [4.78, 5) is 14.0. The normalized spacial score (nSPS) is 11.3. The van der Waals surface area contributed by atoms with Gasteiger partial charge in [-0.15, -0.1) is 54.1 Å². The van der Waals surface area contributed by atoms with Gasteiger partial charge in [0.1, 0.15) is 5.58 Å². The Hall–Kier alpha value is -5.68. The van der Waals surface area contributed by atoms with E-state index in [0.717, 1.165) is 66.9 Å². The second kappa shape index (κ2) is 14.3. The first-order valence-corrected chi connectivity index (χ1v) is 16.7. The minimum absolute atomic E-state index is 0. The van der Waals surface area contributed by atoms with Crippen molar-refractivity contribution in [3.8, 4) is 39.5 Å². The predicted molar refractivity (Wildman–Crippen MR) is 203 cm³/mol. The Morgan fingerprint density at radius 3 is 2.14 bits per heavy atom. The molecule has 0 aliphatic carbocycles. The number of nitrogens with zero attached hydrogens (tertiary/aromatic N) is 4. The number of benzene rings is 5. The van der Waals surface area contributed by atoms with Crippen molar-refractivity contribution in [2.24, 2.45) is 0 Å². The molecule has 0 fully saturated rings. The summed E-state index contributed by atoms with van der Waals surface area (Å²) < 4.78 is 8.78. The fourth-order valence-electron chi connectivity index (χ4n) is 6.40. The van der Waals surface area contributed by atoms with Gasteiger partial charge in [-0.2, -0.15) is 0 Å². The number of imidazole rings is 1. The molecular formula is C45H34IrN4O-2. The number of pyridine rings is 2. The van der Waals surface area contributed by atoms with Crippen molar-refractivity contribution in [3.63, 3.8) is 0 Å². The van der Waals surface area contributed by atoms with E-state index in [1.54, 1.807) is 6.20 Å². The maximum atomic E-state index is 6.58. The van der Waals surface area contributed by atoms with Crippen LogP contribution in [0, 0.1) is 12.1 Å². The molecule has 5 nitrogen and oxygen atoms in total. The molecule has 51 heavy (non-hydrogen) atoms. The van der Waals surface area contributed by atoms with Crippen molar-refractivity contribution in [1.29, 1.82) is 0 Å². The third-order valence-electron chi connectivity index (χ3n) is 8.79. The van der Waals surface area contributed by atoms with Gasteiger partial charge in [-0.1, -0.05) is 105 Å². The van der Waals surface area contributed by atoms with E-state index in [2.05, 4.69) is 126 Å². The molecule has 0 saturated carbocycles. The van der Waals surface area contributed by atoms with Crippen molar-refractivity contribution in [2.75, 3.05) is 0 Å².